The number of hydrogen-bond donors (Lipinski definition) is 3. The largest absolute Gasteiger partial charge is 0.491 e. The number of nitrogens with zero attached hydrogens (tertiary/aromatic N) is 5. The van der Waals surface area contributed by atoms with Crippen molar-refractivity contribution in [2.45, 2.75) is 84.6 Å². The quantitative estimate of drug-likeness (QED) is 0.136. The van der Waals surface area contributed by atoms with Gasteiger partial charge in [-0.15, -0.1) is 0 Å². The number of rotatable bonds is 12. The number of allylic oxidation sites excluding steroid dienone is 1. The number of hydrogen-bond acceptors (Lipinski definition) is 10. The van der Waals surface area contributed by atoms with E-state index in [1.54, 1.807) is 49.1 Å². The molecule has 0 bridgehead atoms. The van der Waals surface area contributed by atoms with Gasteiger partial charge in [0.25, 0.3) is 5.91 Å². The third kappa shape index (κ3) is 9.03. The summed E-state index contributed by atoms with van der Waals surface area (Å²) in [4.78, 5) is 57.6. The van der Waals surface area contributed by atoms with E-state index >= 15 is 0 Å². The molecule has 3 N–H and O–H groups in total. The van der Waals surface area contributed by atoms with E-state index in [0.717, 1.165) is 33.9 Å². The fourth-order valence-corrected chi connectivity index (χ4v) is 8.27. The lowest BCUT2D eigenvalue weighted by molar-refractivity contribution is -0.138. The molecular weight excluding hydrogens is 798 g/mol. The van der Waals surface area contributed by atoms with Crippen LogP contribution in [0.5, 0.6) is 5.75 Å². The van der Waals surface area contributed by atoms with E-state index in [2.05, 4.69) is 20.9 Å². The highest BCUT2D eigenvalue weighted by atomic mass is 32.1. The maximum Gasteiger partial charge on any atom is 0.417 e. The van der Waals surface area contributed by atoms with Crippen LogP contribution >= 0.6 is 12.2 Å². The van der Waals surface area contributed by atoms with Crippen molar-refractivity contribution >= 4 is 63.7 Å². The average molecular weight is 845 g/mol. The van der Waals surface area contributed by atoms with Crippen molar-refractivity contribution in [2.24, 2.45) is 0 Å². The van der Waals surface area contributed by atoms with Crippen LogP contribution in [0.4, 0.5) is 35.9 Å². The van der Waals surface area contributed by atoms with Crippen LogP contribution < -0.4 is 30.5 Å². The molecule has 2 fully saturated rings. The molecule has 0 aliphatic carbocycles. The molecule has 60 heavy (non-hydrogen) atoms. The molecule has 2 atom stereocenters. The molecule has 3 aliphatic heterocycles. The van der Waals surface area contributed by atoms with E-state index in [9.17, 15) is 37.6 Å². The van der Waals surface area contributed by atoms with E-state index in [1.165, 1.54) is 6.07 Å². The minimum absolute atomic E-state index is 0.00766. The Morgan fingerprint density at radius 1 is 1.08 bits per heavy atom. The van der Waals surface area contributed by atoms with Gasteiger partial charge in [0, 0.05) is 48.0 Å². The van der Waals surface area contributed by atoms with Crippen molar-refractivity contribution in [3.8, 4) is 11.8 Å². The zero-order chi connectivity index (χ0) is 43.7. The zero-order valence-electron chi connectivity index (χ0n) is 34.2. The normalized spacial score (nSPS) is 19.2. The second kappa shape index (κ2) is 17.2. The van der Waals surface area contributed by atoms with E-state index in [1.807, 2.05) is 50.9 Å². The standard InChI is InChI=1S/C43H47F3N8O5S/c1-7-28-18-35(54-41(60)53(40(58)42(54,5)6)32-12-11-29(21-47)33(20-32)43(44,45)46)25(2)17-36(28)59-16-15-51-22-26(3)52(27(4)23-51)24-38(56)49-31-10-8-9-30(19-31)48-34-13-14-37(55)50-39(34)57/h8-12,17-20,22,27,34,48H,7,13-16,23-24H2,1-6H3,(H,49,56)(H,50,55,57)/t27-,34?/m0/s1. The van der Waals surface area contributed by atoms with Crippen molar-refractivity contribution in [1.82, 2.24) is 15.1 Å². The minimum Gasteiger partial charge on any atom is -0.491 e. The molecule has 6 rings (SSSR count). The van der Waals surface area contributed by atoms with Crippen LogP contribution in [0.2, 0.25) is 0 Å². The first kappa shape index (κ1) is 43.4. The van der Waals surface area contributed by atoms with Crippen molar-refractivity contribution in [3.63, 3.8) is 0 Å². The molecule has 3 heterocycles. The molecule has 0 spiro atoms. The number of nitrogens with one attached hydrogen (secondary N) is 3. The number of carbonyl (C=O) groups excluding carboxylic acids is 4. The third-order valence-electron chi connectivity index (χ3n) is 10.9. The summed E-state index contributed by atoms with van der Waals surface area (Å²) < 4.78 is 47.8. The predicted octanol–water partition coefficient (Wildman–Crippen LogP) is 6.47. The van der Waals surface area contributed by atoms with E-state index < -0.39 is 34.8 Å². The van der Waals surface area contributed by atoms with Gasteiger partial charge in [-0.25, -0.2) is 0 Å². The number of halogens is 3. The van der Waals surface area contributed by atoms with E-state index in [4.69, 9.17) is 17.0 Å². The number of benzene rings is 3. The van der Waals surface area contributed by atoms with Crippen molar-refractivity contribution in [1.29, 1.82) is 5.26 Å². The molecule has 13 nitrogen and oxygen atoms in total. The summed E-state index contributed by atoms with van der Waals surface area (Å²) in [6, 6.07) is 15.0. The second-order valence-electron chi connectivity index (χ2n) is 15.6. The van der Waals surface area contributed by atoms with Crippen LogP contribution in [0, 0.1) is 18.3 Å². The summed E-state index contributed by atoms with van der Waals surface area (Å²) >= 11 is 5.78. The Hall–Kier alpha value is -6.15. The number of imide groups is 1. The van der Waals surface area contributed by atoms with Gasteiger partial charge in [-0.3, -0.25) is 29.4 Å². The van der Waals surface area contributed by atoms with Crippen molar-refractivity contribution in [3.05, 3.63) is 88.7 Å². The van der Waals surface area contributed by atoms with Gasteiger partial charge in [-0.05, 0) is 119 Å². The first-order chi connectivity index (χ1) is 28.3. The maximum absolute atomic E-state index is 13.8. The van der Waals surface area contributed by atoms with Crippen LogP contribution in [-0.4, -0.2) is 82.4 Å². The molecule has 3 aromatic carbocycles. The van der Waals surface area contributed by atoms with Gasteiger partial charge in [0.1, 0.15) is 23.9 Å². The van der Waals surface area contributed by atoms with Gasteiger partial charge in [0.05, 0.1) is 36.0 Å². The molecule has 17 heteroatoms. The molecule has 0 radical (unpaired) electrons. The molecule has 0 aromatic heterocycles. The number of amides is 4. The lowest BCUT2D eigenvalue weighted by atomic mass is 9.99. The fraction of sp³-hybridized carbons (Fsp3) is 0.395. The fourth-order valence-electron chi connectivity index (χ4n) is 7.76. The third-order valence-corrected chi connectivity index (χ3v) is 11.3. The van der Waals surface area contributed by atoms with Gasteiger partial charge in [0.15, 0.2) is 5.11 Å². The van der Waals surface area contributed by atoms with Gasteiger partial charge < -0.3 is 30.1 Å². The maximum atomic E-state index is 13.8. The summed E-state index contributed by atoms with van der Waals surface area (Å²) in [5.74, 6) is -0.711. The summed E-state index contributed by atoms with van der Waals surface area (Å²) in [5.41, 5.74) is 1.34. The summed E-state index contributed by atoms with van der Waals surface area (Å²) in [6.45, 7) is 12.9. The lowest BCUT2D eigenvalue weighted by Gasteiger charge is -2.40. The number of carbonyl (C=O) groups is 4. The van der Waals surface area contributed by atoms with Gasteiger partial charge in [-0.2, -0.15) is 18.4 Å². The molecule has 3 aromatic rings. The zero-order valence-corrected chi connectivity index (χ0v) is 35.0. The smallest absolute Gasteiger partial charge is 0.417 e. The number of thiocarbonyl (C=S) groups is 1. The summed E-state index contributed by atoms with van der Waals surface area (Å²) in [5, 5.41) is 17.7. The van der Waals surface area contributed by atoms with Crippen LogP contribution in [0.15, 0.2) is 66.5 Å². The number of anilines is 4. The molecule has 4 amide bonds. The number of piperidine rings is 1. The highest BCUT2D eigenvalue weighted by Crippen LogP contribution is 2.42. The molecule has 316 valence electrons. The minimum atomic E-state index is -4.80. The Bertz CT molecular complexity index is 2310. The van der Waals surface area contributed by atoms with Gasteiger partial charge in [-0.1, -0.05) is 13.0 Å². The number of nitriles is 1. The summed E-state index contributed by atoms with van der Waals surface area (Å²) in [7, 11) is 0. The lowest BCUT2D eigenvalue weighted by Crippen LogP contribution is -2.48. The molecule has 0 saturated carbocycles. The van der Waals surface area contributed by atoms with Crippen LogP contribution in [0.3, 0.4) is 0 Å². The Balaban J connectivity index is 1.08. The molecular formula is C43H47F3N8O5S. The highest BCUT2D eigenvalue weighted by molar-refractivity contribution is 7.81. The van der Waals surface area contributed by atoms with E-state index in [0.29, 0.717) is 55.3 Å². The Morgan fingerprint density at radius 2 is 1.82 bits per heavy atom. The van der Waals surface area contributed by atoms with E-state index in [-0.39, 0.29) is 47.5 Å². The predicted molar refractivity (Wildman–Crippen MR) is 225 cm³/mol. The first-order valence-corrected chi connectivity index (χ1v) is 20.0. The first-order valence-electron chi connectivity index (χ1n) is 19.6. The molecule has 3 aliphatic rings. The summed E-state index contributed by atoms with van der Waals surface area (Å²) in [6.07, 6.45) is -1.57. The monoisotopic (exact) mass is 844 g/mol. The average Bonchev–Trinajstić information content (AvgIpc) is 3.35. The molecule has 1 unspecified atom stereocenters. The Labute approximate surface area is 352 Å². The number of aryl methyl sites for hydroxylation is 2. The van der Waals surface area contributed by atoms with Gasteiger partial charge in [0.2, 0.25) is 17.7 Å². The Morgan fingerprint density at radius 3 is 2.48 bits per heavy atom. The Kier molecular flexibility index (Phi) is 12.5. The number of ether oxygens (including phenoxy) is 1. The van der Waals surface area contributed by atoms with Crippen LogP contribution in [0.25, 0.3) is 0 Å². The second-order valence-corrected chi connectivity index (χ2v) is 16.0. The SMILES string of the molecule is CCc1cc(N2C(=S)N(c3ccc(C#N)c(C(F)(F)F)c3)C(=O)C2(C)C)c(C)cc1OCCN1C=C(C)N(CC(=O)Nc2cccc(NC3CCC(=O)NC3=O)c2)[C@@H](C)C1. The topological polar surface area (TPSA) is 150 Å². The van der Waals surface area contributed by atoms with Crippen molar-refractivity contribution in [2.75, 3.05) is 46.7 Å². The highest BCUT2D eigenvalue weighted by Gasteiger charge is 2.51. The van der Waals surface area contributed by atoms with Crippen LogP contribution in [-0.2, 0) is 31.8 Å². The molecule has 2 saturated heterocycles. The van der Waals surface area contributed by atoms with Crippen LogP contribution in [0.1, 0.15) is 69.7 Å². The number of alkyl halides is 3. The van der Waals surface area contributed by atoms with Gasteiger partial charge >= 0.3 is 6.18 Å². The van der Waals surface area contributed by atoms with Crippen molar-refractivity contribution < 1.29 is 37.1 Å².